The van der Waals surface area contributed by atoms with Crippen molar-refractivity contribution in [3.05, 3.63) is 18.1 Å². The molecule has 1 N–H and O–H groups in total. The van der Waals surface area contributed by atoms with E-state index in [1.165, 1.54) is 11.5 Å². The lowest BCUT2D eigenvalue weighted by atomic mass is 10.1. The Morgan fingerprint density at radius 1 is 1.20 bits per heavy atom. The van der Waals surface area contributed by atoms with Crippen LogP contribution in [0.25, 0.3) is 0 Å². The van der Waals surface area contributed by atoms with Crippen LogP contribution in [0.2, 0.25) is 0 Å². The molecule has 0 aromatic carbocycles. The van der Waals surface area contributed by atoms with E-state index in [1.54, 1.807) is 0 Å². The largest absolute Gasteiger partial charge is 0.378 e. The number of nitrogens with zero attached hydrogens (tertiary/aromatic N) is 6. The van der Waals surface area contributed by atoms with Gasteiger partial charge in [0.1, 0.15) is 11.6 Å². The summed E-state index contributed by atoms with van der Waals surface area (Å²) >= 11 is 1.48. The number of anilines is 3. The maximum Gasteiger partial charge on any atom is 0.227 e. The lowest BCUT2D eigenvalue weighted by Gasteiger charge is -2.33. The first kappa shape index (κ1) is 16.5. The van der Waals surface area contributed by atoms with Gasteiger partial charge in [-0.1, -0.05) is 0 Å². The van der Waals surface area contributed by atoms with Crippen molar-refractivity contribution in [1.82, 2.24) is 19.3 Å². The maximum absolute atomic E-state index is 5.40. The van der Waals surface area contributed by atoms with E-state index < -0.39 is 0 Å². The Hall–Kier alpha value is -2.00. The minimum atomic E-state index is 0.352. The van der Waals surface area contributed by atoms with Crippen LogP contribution in [0.1, 0.15) is 18.7 Å². The molecular formula is C16H23N7OS. The molecule has 2 aromatic rings. The Balaban J connectivity index is 1.41. The van der Waals surface area contributed by atoms with Gasteiger partial charge < -0.3 is 19.9 Å². The fourth-order valence-electron chi connectivity index (χ4n) is 3.24. The number of piperidine rings is 1. The molecule has 0 bridgehead atoms. The molecule has 134 valence electrons. The molecule has 8 nitrogen and oxygen atoms in total. The molecule has 0 spiro atoms. The lowest BCUT2D eigenvalue weighted by molar-refractivity contribution is 0.122. The Bertz CT molecular complexity index is 703. The molecule has 0 aliphatic carbocycles. The quantitative estimate of drug-likeness (QED) is 0.879. The van der Waals surface area contributed by atoms with Crippen LogP contribution < -0.4 is 15.1 Å². The number of morpholine rings is 1. The molecule has 25 heavy (non-hydrogen) atoms. The van der Waals surface area contributed by atoms with Gasteiger partial charge in [0, 0.05) is 50.0 Å². The molecule has 1 atom stereocenters. The van der Waals surface area contributed by atoms with Gasteiger partial charge in [0.2, 0.25) is 11.1 Å². The summed E-state index contributed by atoms with van der Waals surface area (Å²) in [5, 5.41) is 4.59. The lowest BCUT2D eigenvalue weighted by Crippen LogP contribution is -2.42. The molecule has 2 aromatic heterocycles. The van der Waals surface area contributed by atoms with E-state index in [-0.39, 0.29) is 0 Å². The van der Waals surface area contributed by atoms with Crippen molar-refractivity contribution < 1.29 is 4.74 Å². The van der Waals surface area contributed by atoms with Gasteiger partial charge in [-0.25, -0.2) is 9.97 Å². The van der Waals surface area contributed by atoms with E-state index in [9.17, 15) is 0 Å². The highest BCUT2D eigenvalue weighted by atomic mass is 32.1. The number of hydrogen-bond acceptors (Lipinski definition) is 9. The molecule has 2 fully saturated rings. The summed E-state index contributed by atoms with van der Waals surface area (Å²) in [7, 11) is 0. The van der Waals surface area contributed by atoms with Crippen molar-refractivity contribution in [2.24, 2.45) is 0 Å². The molecule has 2 aliphatic heterocycles. The number of hydrogen-bond donors (Lipinski definition) is 1. The van der Waals surface area contributed by atoms with Gasteiger partial charge in [0.25, 0.3) is 0 Å². The van der Waals surface area contributed by atoms with E-state index in [0.717, 1.165) is 75.0 Å². The SMILES string of the molecule is Cc1nsc(N2CCCC(Nc3ccnc(N4CCOCC4)n3)C2)n1. The average Bonchev–Trinajstić information content (AvgIpc) is 3.09. The Morgan fingerprint density at radius 2 is 2.08 bits per heavy atom. The second kappa shape index (κ2) is 7.49. The first-order valence-corrected chi connectivity index (χ1v) is 9.53. The van der Waals surface area contributed by atoms with Gasteiger partial charge in [0.05, 0.1) is 13.2 Å². The van der Waals surface area contributed by atoms with Crippen molar-refractivity contribution in [2.45, 2.75) is 25.8 Å². The van der Waals surface area contributed by atoms with E-state index in [2.05, 4.69) is 29.5 Å². The summed E-state index contributed by atoms with van der Waals surface area (Å²) in [6.45, 7) is 7.06. The predicted molar refractivity (Wildman–Crippen MR) is 98.6 cm³/mol. The van der Waals surface area contributed by atoms with Gasteiger partial charge in [-0.05, 0) is 25.8 Å². The fourth-order valence-corrected chi connectivity index (χ4v) is 3.95. The van der Waals surface area contributed by atoms with Gasteiger partial charge in [-0.15, -0.1) is 0 Å². The maximum atomic E-state index is 5.40. The van der Waals surface area contributed by atoms with Crippen LogP contribution in [0, 0.1) is 6.92 Å². The van der Waals surface area contributed by atoms with Crippen LogP contribution in [0.5, 0.6) is 0 Å². The zero-order valence-electron chi connectivity index (χ0n) is 14.4. The second-order valence-electron chi connectivity index (χ2n) is 6.39. The summed E-state index contributed by atoms with van der Waals surface area (Å²) < 4.78 is 9.70. The van der Waals surface area contributed by atoms with Crippen LogP contribution in [0.4, 0.5) is 16.9 Å². The van der Waals surface area contributed by atoms with Crippen molar-refractivity contribution in [3.63, 3.8) is 0 Å². The zero-order valence-corrected chi connectivity index (χ0v) is 15.2. The molecule has 1 unspecified atom stereocenters. The Kier molecular flexibility index (Phi) is 4.93. The van der Waals surface area contributed by atoms with E-state index in [0.29, 0.717) is 6.04 Å². The molecule has 0 radical (unpaired) electrons. The highest BCUT2D eigenvalue weighted by molar-refractivity contribution is 7.09. The van der Waals surface area contributed by atoms with Crippen molar-refractivity contribution in [2.75, 3.05) is 54.5 Å². The molecular weight excluding hydrogens is 338 g/mol. The summed E-state index contributed by atoms with van der Waals surface area (Å²) in [4.78, 5) is 18.1. The van der Waals surface area contributed by atoms with E-state index in [4.69, 9.17) is 9.72 Å². The van der Waals surface area contributed by atoms with Crippen molar-refractivity contribution in [1.29, 1.82) is 0 Å². The van der Waals surface area contributed by atoms with Crippen LogP contribution in [-0.2, 0) is 4.74 Å². The molecule has 0 saturated carbocycles. The minimum Gasteiger partial charge on any atom is -0.378 e. The summed E-state index contributed by atoms with van der Waals surface area (Å²) in [5.41, 5.74) is 0. The zero-order chi connectivity index (χ0) is 17.1. The number of ether oxygens (including phenoxy) is 1. The number of aryl methyl sites for hydroxylation is 1. The van der Waals surface area contributed by atoms with E-state index in [1.807, 2.05) is 19.2 Å². The molecule has 0 amide bonds. The van der Waals surface area contributed by atoms with E-state index >= 15 is 0 Å². The molecule has 9 heteroatoms. The summed E-state index contributed by atoms with van der Waals surface area (Å²) in [6, 6.07) is 2.29. The van der Waals surface area contributed by atoms with Crippen LogP contribution in [0.15, 0.2) is 12.3 Å². The molecule has 4 heterocycles. The second-order valence-corrected chi connectivity index (χ2v) is 7.13. The van der Waals surface area contributed by atoms with Crippen LogP contribution in [-0.4, -0.2) is 64.8 Å². The topological polar surface area (TPSA) is 79.3 Å². The van der Waals surface area contributed by atoms with Gasteiger partial charge in [-0.2, -0.15) is 9.36 Å². The Morgan fingerprint density at radius 3 is 2.88 bits per heavy atom. The highest BCUT2D eigenvalue weighted by Crippen LogP contribution is 2.23. The fraction of sp³-hybridized carbons (Fsp3) is 0.625. The molecule has 2 aliphatic rings. The number of aromatic nitrogens is 4. The minimum absolute atomic E-state index is 0.352. The molecule has 4 rings (SSSR count). The van der Waals surface area contributed by atoms with Crippen LogP contribution >= 0.6 is 11.5 Å². The van der Waals surface area contributed by atoms with Crippen LogP contribution in [0.3, 0.4) is 0 Å². The first-order chi connectivity index (χ1) is 12.3. The Labute approximate surface area is 151 Å². The third-order valence-electron chi connectivity index (χ3n) is 4.50. The first-order valence-electron chi connectivity index (χ1n) is 8.75. The van der Waals surface area contributed by atoms with Gasteiger partial charge in [0.15, 0.2) is 0 Å². The summed E-state index contributed by atoms with van der Waals surface area (Å²) in [5.74, 6) is 2.51. The van der Waals surface area contributed by atoms with Gasteiger partial charge >= 0.3 is 0 Å². The van der Waals surface area contributed by atoms with Gasteiger partial charge in [-0.3, -0.25) is 0 Å². The highest BCUT2D eigenvalue weighted by Gasteiger charge is 2.23. The molecule has 2 saturated heterocycles. The normalized spacial score (nSPS) is 21.4. The predicted octanol–water partition coefficient (Wildman–Crippen LogP) is 1.55. The summed E-state index contributed by atoms with van der Waals surface area (Å²) in [6.07, 6.45) is 4.09. The standard InChI is InChI=1S/C16H23N7OS/c1-12-18-16(25-21-12)23-6-2-3-13(11-23)19-14-4-5-17-15(20-14)22-7-9-24-10-8-22/h4-5,13H,2-3,6-11H2,1H3,(H,17,19,20). The smallest absolute Gasteiger partial charge is 0.227 e. The third-order valence-corrected chi connectivity index (χ3v) is 5.37. The average molecular weight is 361 g/mol. The van der Waals surface area contributed by atoms with Crippen molar-refractivity contribution >= 4 is 28.4 Å². The van der Waals surface area contributed by atoms with Crippen molar-refractivity contribution in [3.8, 4) is 0 Å². The number of nitrogens with one attached hydrogen (secondary N) is 1. The third kappa shape index (κ3) is 3.98. The monoisotopic (exact) mass is 361 g/mol. The number of rotatable bonds is 4.